The number of hydrogen-bond donors (Lipinski definition) is 1. The molecule has 0 amide bonds. The number of carbonyl (C=O) groups is 1. The van der Waals surface area contributed by atoms with Crippen LogP contribution in [0, 0.1) is 17.0 Å². The molecule has 2 heterocycles. The minimum Gasteiger partial charge on any atom is -0.478 e. The smallest absolute Gasteiger partial charge is 0.390 e. The minimum atomic E-state index is -1.21. The maximum Gasteiger partial charge on any atom is 0.390 e. The lowest BCUT2D eigenvalue weighted by molar-refractivity contribution is -0.387. The average molecular weight is 221 g/mol. The van der Waals surface area contributed by atoms with Gasteiger partial charge in [0.25, 0.3) is 0 Å². The molecule has 0 atom stereocenters. The van der Waals surface area contributed by atoms with Gasteiger partial charge in [-0.25, -0.2) is 4.79 Å². The molecule has 2 aromatic rings. The number of rotatable bonds is 2. The molecular formula is C9H7N3O4. The van der Waals surface area contributed by atoms with E-state index in [1.54, 1.807) is 6.92 Å². The number of imidazole rings is 1. The number of carboxylic acids is 1. The lowest BCUT2D eigenvalue weighted by Gasteiger charge is -1.98. The molecule has 7 heteroatoms. The predicted molar refractivity (Wildman–Crippen MR) is 53.5 cm³/mol. The lowest BCUT2D eigenvalue weighted by atomic mass is 10.2. The van der Waals surface area contributed by atoms with E-state index in [1.165, 1.54) is 22.7 Å². The Morgan fingerprint density at radius 2 is 2.31 bits per heavy atom. The molecule has 16 heavy (non-hydrogen) atoms. The summed E-state index contributed by atoms with van der Waals surface area (Å²) >= 11 is 0. The molecule has 0 bridgehead atoms. The molecule has 0 aliphatic rings. The third kappa shape index (κ3) is 1.29. The highest BCUT2D eigenvalue weighted by Crippen LogP contribution is 2.23. The first-order valence-electron chi connectivity index (χ1n) is 4.37. The highest BCUT2D eigenvalue weighted by atomic mass is 16.6. The van der Waals surface area contributed by atoms with E-state index in [0.717, 1.165) is 0 Å². The molecule has 0 saturated heterocycles. The molecule has 0 radical (unpaired) electrons. The van der Waals surface area contributed by atoms with Crippen LogP contribution in [0.4, 0.5) is 5.82 Å². The standard InChI is InChI=1S/C9H7N3O4/c1-5-10-8(12(15)16)7-6(9(13)14)3-2-4-11(5)7/h2-4H,1H3,(H,13,14). The first kappa shape index (κ1) is 10.1. The molecule has 0 aliphatic carbocycles. The summed E-state index contributed by atoms with van der Waals surface area (Å²) in [5.41, 5.74) is -0.118. The number of aromatic nitrogens is 2. The van der Waals surface area contributed by atoms with Gasteiger partial charge in [0.2, 0.25) is 5.82 Å². The van der Waals surface area contributed by atoms with Crippen LogP contribution in [0.15, 0.2) is 18.3 Å². The van der Waals surface area contributed by atoms with Crippen LogP contribution in [0.1, 0.15) is 16.2 Å². The van der Waals surface area contributed by atoms with Crippen molar-refractivity contribution in [3.63, 3.8) is 0 Å². The van der Waals surface area contributed by atoms with Crippen molar-refractivity contribution < 1.29 is 14.8 Å². The van der Waals surface area contributed by atoms with Crippen LogP contribution < -0.4 is 0 Å². The van der Waals surface area contributed by atoms with E-state index in [-0.39, 0.29) is 11.1 Å². The van der Waals surface area contributed by atoms with E-state index >= 15 is 0 Å². The van der Waals surface area contributed by atoms with Crippen molar-refractivity contribution in [1.29, 1.82) is 0 Å². The van der Waals surface area contributed by atoms with Crippen molar-refractivity contribution in [3.05, 3.63) is 39.8 Å². The van der Waals surface area contributed by atoms with Crippen LogP contribution >= 0.6 is 0 Å². The van der Waals surface area contributed by atoms with Gasteiger partial charge in [-0.3, -0.25) is 4.40 Å². The zero-order valence-electron chi connectivity index (χ0n) is 8.25. The van der Waals surface area contributed by atoms with Gasteiger partial charge in [-0.2, -0.15) is 0 Å². The van der Waals surface area contributed by atoms with E-state index in [9.17, 15) is 14.9 Å². The van der Waals surface area contributed by atoms with Gasteiger partial charge in [-0.1, -0.05) is 0 Å². The summed E-state index contributed by atoms with van der Waals surface area (Å²) in [5.74, 6) is -1.27. The van der Waals surface area contributed by atoms with Crippen molar-refractivity contribution >= 4 is 17.3 Å². The fourth-order valence-electron chi connectivity index (χ4n) is 1.57. The van der Waals surface area contributed by atoms with Gasteiger partial charge in [0, 0.05) is 13.1 Å². The third-order valence-electron chi connectivity index (χ3n) is 2.23. The molecule has 82 valence electrons. The topological polar surface area (TPSA) is 97.7 Å². The van der Waals surface area contributed by atoms with Crippen LogP contribution in [0.2, 0.25) is 0 Å². The largest absolute Gasteiger partial charge is 0.478 e. The molecule has 2 rings (SSSR count). The summed E-state index contributed by atoms with van der Waals surface area (Å²) in [6.07, 6.45) is 1.54. The number of nitro groups is 1. The summed E-state index contributed by atoms with van der Waals surface area (Å²) in [6, 6.07) is 2.82. The Morgan fingerprint density at radius 1 is 1.62 bits per heavy atom. The molecule has 0 aromatic carbocycles. The van der Waals surface area contributed by atoms with E-state index < -0.39 is 16.7 Å². The molecule has 0 spiro atoms. The first-order chi connectivity index (χ1) is 7.52. The van der Waals surface area contributed by atoms with E-state index in [2.05, 4.69) is 4.98 Å². The summed E-state index contributed by atoms with van der Waals surface area (Å²) in [7, 11) is 0. The zero-order chi connectivity index (χ0) is 11.9. The van der Waals surface area contributed by atoms with Gasteiger partial charge in [0.1, 0.15) is 0 Å². The molecule has 0 fully saturated rings. The molecule has 0 saturated carbocycles. The number of fused-ring (bicyclic) bond motifs is 1. The highest BCUT2D eigenvalue weighted by molar-refractivity contribution is 5.98. The van der Waals surface area contributed by atoms with E-state index in [4.69, 9.17) is 5.11 Å². The average Bonchev–Trinajstić information content (AvgIpc) is 2.56. The van der Waals surface area contributed by atoms with Gasteiger partial charge in [-0.05, 0) is 22.0 Å². The Bertz CT molecular complexity index is 602. The van der Waals surface area contributed by atoms with Gasteiger partial charge in [0.15, 0.2) is 5.52 Å². The Kier molecular flexibility index (Phi) is 2.08. The van der Waals surface area contributed by atoms with Gasteiger partial charge in [0.05, 0.1) is 5.56 Å². The third-order valence-corrected chi connectivity index (χ3v) is 2.23. The van der Waals surface area contributed by atoms with E-state index in [1.807, 2.05) is 0 Å². The number of pyridine rings is 1. The lowest BCUT2D eigenvalue weighted by Crippen LogP contribution is -2.01. The second-order valence-corrected chi connectivity index (χ2v) is 3.19. The predicted octanol–water partition coefficient (Wildman–Crippen LogP) is 1.25. The van der Waals surface area contributed by atoms with Crippen molar-refractivity contribution in [3.8, 4) is 0 Å². The number of carboxylic acid groups (broad SMARTS) is 1. The number of hydrogen-bond acceptors (Lipinski definition) is 4. The maximum atomic E-state index is 10.9. The fourth-order valence-corrected chi connectivity index (χ4v) is 1.57. The monoisotopic (exact) mass is 221 g/mol. The molecule has 2 aromatic heterocycles. The summed E-state index contributed by atoms with van der Waals surface area (Å²) in [5, 5.41) is 19.7. The Labute approximate surface area is 89.1 Å². The van der Waals surface area contributed by atoms with Crippen molar-refractivity contribution in [2.75, 3.05) is 0 Å². The zero-order valence-corrected chi connectivity index (χ0v) is 8.25. The molecule has 1 N–H and O–H groups in total. The number of aromatic carboxylic acids is 1. The summed E-state index contributed by atoms with van der Waals surface area (Å²) in [6.45, 7) is 1.58. The Hall–Kier alpha value is -2.44. The van der Waals surface area contributed by atoms with Crippen LogP contribution in [0.5, 0.6) is 0 Å². The summed E-state index contributed by atoms with van der Waals surface area (Å²) in [4.78, 5) is 24.7. The SMILES string of the molecule is Cc1nc([N+](=O)[O-])c2c(C(=O)O)cccn12. The van der Waals surface area contributed by atoms with Crippen molar-refractivity contribution in [2.24, 2.45) is 0 Å². The minimum absolute atomic E-state index is 0.0116. The van der Waals surface area contributed by atoms with Crippen LogP contribution in [0.3, 0.4) is 0 Å². The quantitative estimate of drug-likeness (QED) is 0.607. The maximum absolute atomic E-state index is 10.9. The van der Waals surface area contributed by atoms with Gasteiger partial charge in [-0.15, -0.1) is 0 Å². The van der Waals surface area contributed by atoms with Crippen molar-refractivity contribution in [2.45, 2.75) is 6.92 Å². The van der Waals surface area contributed by atoms with Crippen molar-refractivity contribution in [1.82, 2.24) is 9.38 Å². The normalized spacial score (nSPS) is 10.6. The van der Waals surface area contributed by atoms with Gasteiger partial charge >= 0.3 is 11.8 Å². The first-order valence-corrected chi connectivity index (χ1v) is 4.37. The Balaban J connectivity index is 2.93. The second kappa shape index (κ2) is 3.30. The molecule has 0 aliphatic heterocycles. The molecular weight excluding hydrogens is 214 g/mol. The number of nitrogens with zero attached hydrogens (tertiary/aromatic N) is 3. The fraction of sp³-hybridized carbons (Fsp3) is 0.111. The highest BCUT2D eigenvalue weighted by Gasteiger charge is 2.24. The molecule has 0 unspecified atom stereocenters. The van der Waals surface area contributed by atoms with E-state index in [0.29, 0.717) is 5.82 Å². The molecule has 7 nitrogen and oxygen atoms in total. The van der Waals surface area contributed by atoms with Gasteiger partial charge < -0.3 is 15.2 Å². The van der Waals surface area contributed by atoms with Crippen LogP contribution in [-0.2, 0) is 0 Å². The number of aryl methyl sites for hydroxylation is 1. The van der Waals surface area contributed by atoms with Crippen LogP contribution in [-0.4, -0.2) is 25.4 Å². The van der Waals surface area contributed by atoms with Crippen LogP contribution in [0.25, 0.3) is 5.52 Å². The summed E-state index contributed by atoms with van der Waals surface area (Å²) < 4.78 is 1.39. The Morgan fingerprint density at radius 3 is 2.88 bits per heavy atom. The second-order valence-electron chi connectivity index (χ2n) is 3.19.